The van der Waals surface area contributed by atoms with Gasteiger partial charge < -0.3 is 20.1 Å². The second-order valence-corrected chi connectivity index (χ2v) is 7.75. The first-order valence-electron chi connectivity index (χ1n) is 8.62. The molecule has 0 amide bonds. The number of nitrogens with one attached hydrogen (secondary N) is 2. The average molecular weight is 350 g/mol. The van der Waals surface area contributed by atoms with Crippen LogP contribution in [-0.4, -0.2) is 43.8 Å². The minimum absolute atomic E-state index is 0.242. The van der Waals surface area contributed by atoms with E-state index in [-0.39, 0.29) is 6.10 Å². The van der Waals surface area contributed by atoms with Gasteiger partial charge in [0, 0.05) is 42.9 Å². The average Bonchev–Trinajstić information content (AvgIpc) is 3.22. The number of benzene rings is 1. The molecule has 2 unspecified atom stereocenters. The molecule has 0 aromatic heterocycles. The topological polar surface area (TPSA) is 54.9 Å². The zero-order valence-electron chi connectivity index (χ0n) is 14.7. The molecule has 2 atom stereocenters. The summed E-state index contributed by atoms with van der Waals surface area (Å²) >= 11 is 2.05. The molecular weight excluding hydrogens is 322 g/mol. The van der Waals surface area contributed by atoms with Crippen LogP contribution in [-0.2, 0) is 13.0 Å². The standard InChI is InChI=1S/C18H27N3O2S/c1-12-7-13-8-16(22-3)14(9-17(13)23-12)10-20-18(19-2)21-11-15-5-4-6-24-15/h8-9,12,15H,4-7,10-11H2,1-3H3,(H2,19,20,21). The Hall–Kier alpha value is -1.56. The number of fused-ring (bicyclic) bond motifs is 1. The van der Waals surface area contributed by atoms with Crippen LogP contribution < -0.4 is 20.1 Å². The number of methoxy groups -OCH3 is 1. The van der Waals surface area contributed by atoms with Gasteiger partial charge in [-0.3, -0.25) is 4.99 Å². The molecule has 1 saturated heterocycles. The van der Waals surface area contributed by atoms with Crippen molar-refractivity contribution in [2.75, 3.05) is 26.5 Å². The van der Waals surface area contributed by atoms with Crippen molar-refractivity contribution in [3.05, 3.63) is 23.3 Å². The molecule has 24 heavy (non-hydrogen) atoms. The fourth-order valence-electron chi connectivity index (χ4n) is 3.23. The van der Waals surface area contributed by atoms with Gasteiger partial charge in [-0.1, -0.05) is 0 Å². The van der Waals surface area contributed by atoms with Crippen molar-refractivity contribution in [1.29, 1.82) is 0 Å². The fraction of sp³-hybridized carbons (Fsp3) is 0.611. The number of hydrogen-bond donors (Lipinski definition) is 2. The van der Waals surface area contributed by atoms with E-state index in [0.29, 0.717) is 11.8 Å². The van der Waals surface area contributed by atoms with Crippen molar-refractivity contribution in [3.8, 4) is 11.5 Å². The highest BCUT2D eigenvalue weighted by molar-refractivity contribution is 8.00. The van der Waals surface area contributed by atoms with Gasteiger partial charge in [0.2, 0.25) is 0 Å². The Kier molecular flexibility index (Phi) is 5.76. The van der Waals surface area contributed by atoms with Gasteiger partial charge in [-0.2, -0.15) is 11.8 Å². The molecule has 2 aliphatic heterocycles. The summed E-state index contributed by atoms with van der Waals surface area (Å²) in [4.78, 5) is 4.32. The molecule has 0 saturated carbocycles. The zero-order valence-corrected chi connectivity index (χ0v) is 15.5. The number of thioether (sulfide) groups is 1. The SMILES string of the molecule is CN=C(NCc1cc2c(cc1OC)CC(C)O2)NCC1CCCS1. The van der Waals surface area contributed by atoms with Crippen molar-refractivity contribution in [1.82, 2.24) is 10.6 Å². The van der Waals surface area contributed by atoms with Crippen molar-refractivity contribution in [2.24, 2.45) is 4.99 Å². The van der Waals surface area contributed by atoms with Gasteiger partial charge in [-0.15, -0.1) is 0 Å². The van der Waals surface area contributed by atoms with Gasteiger partial charge >= 0.3 is 0 Å². The van der Waals surface area contributed by atoms with Crippen LogP contribution in [0, 0.1) is 0 Å². The highest BCUT2D eigenvalue weighted by Crippen LogP contribution is 2.34. The first kappa shape index (κ1) is 17.3. The summed E-state index contributed by atoms with van der Waals surface area (Å²) in [5.74, 6) is 3.99. The van der Waals surface area contributed by atoms with Gasteiger partial charge in [0.1, 0.15) is 17.6 Å². The van der Waals surface area contributed by atoms with E-state index in [1.54, 1.807) is 7.11 Å². The summed E-state index contributed by atoms with van der Waals surface area (Å²) in [6.45, 7) is 3.72. The minimum atomic E-state index is 0.242. The number of nitrogens with zero attached hydrogens (tertiary/aromatic N) is 1. The smallest absolute Gasteiger partial charge is 0.191 e. The summed E-state index contributed by atoms with van der Waals surface area (Å²) in [6.07, 6.45) is 3.81. The molecule has 0 aliphatic carbocycles. The molecule has 0 radical (unpaired) electrons. The lowest BCUT2D eigenvalue weighted by Crippen LogP contribution is -2.39. The lowest BCUT2D eigenvalue weighted by atomic mass is 10.1. The maximum Gasteiger partial charge on any atom is 0.191 e. The molecule has 0 spiro atoms. The van der Waals surface area contributed by atoms with Crippen LogP contribution in [0.25, 0.3) is 0 Å². The monoisotopic (exact) mass is 349 g/mol. The lowest BCUT2D eigenvalue weighted by molar-refractivity contribution is 0.254. The van der Waals surface area contributed by atoms with E-state index in [9.17, 15) is 0 Å². The van der Waals surface area contributed by atoms with Crippen LogP contribution in [0.3, 0.4) is 0 Å². The molecule has 132 valence electrons. The number of aliphatic imine (C=N–C) groups is 1. The second kappa shape index (κ2) is 8.01. The summed E-state index contributed by atoms with van der Waals surface area (Å²) in [7, 11) is 3.52. The van der Waals surface area contributed by atoms with Crippen LogP contribution in [0.5, 0.6) is 11.5 Å². The van der Waals surface area contributed by atoms with Crippen LogP contribution in [0.1, 0.15) is 30.9 Å². The molecule has 0 bridgehead atoms. The summed E-state index contributed by atoms with van der Waals surface area (Å²) in [5, 5.41) is 7.51. The number of rotatable bonds is 5. The summed E-state index contributed by atoms with van der Waals surface area (Å²) < 4.78 is 11.4. The molecule has 1 aromatic carbocycles. The molecule has 1 aromatic rings. The molecule has 2 N–H and O–H groups in total. The second-order valence-electron chi connectivity index (χ2n) is 6.35. The highest BCUT2D eigenvalue weighted by atomic mass is 32.2. The van der Waals surface area contributed by atoms with E-state index < -0.39 is 0 Å². The first-order valence-corrected chi connectivity index (χ1v) is 9.67. The Morgan fingerprint density at radius 3 is 3.00 bits per heavy atom. The third kappa shape index (κ3) is 4.09. The quantitative estimate of drug-likeness (QED) is 0.632. The Balaban J connectivity index is 1.59. The summed E-state index contributed by atoms with van der Waals surface area (Å²) in [5.41, 5.74) is 2.31. The van der Waals surface area contributed by atoms with Gasteiger partial charge in [0.05, 0.1) is 7.11 Å². The zero-order chi connectivity index (χ0) is 16.9. The first-order chi connectivity index (χ1) is 11.7. The van der Waals surface area contributed by atoms with Crippen molar-refractivity contribution < 1.29 is 9.47 Å². The van der Waals surface area contributed by atoms with E-state index in [2.05, 4.69) is 34.7 Å². The van der Waals surface area contributed by atoms with E-state index >= 15 is 0 Å². The lowest BCUT2D eigenvalue weighted by Gasteiger charge is -2.16. The highest BCUT2D eigenvalue weighted by Gasteiger charge is 2.22. The third-order valence-corrected chi connectivity index (χ3v) is 5.89. The predicted molar refractivity (Wildman–Crippen MR) is 100 cm³/mol. The van der Waals surface area contributed by atoms with Crippen molar-refractivity contribution in [3.63, 3.8) is 0 Å². The van der Waals surface area contributed by atoms with Gasteiger partial charge in [-0.25, -0.2) is 0 Å². The molecule has 6 heteroatoms. The van der Waals surface area contributed by atoms with Crippen molar-refractivity contribution >= 4 is 17.7 Å². The Bertz CT molecular complexity index is 600. The summed E-state index contributed by atoms with van der Waals surface area (Å²) in [6, 6.07) is 4.19. The van der Waals surface area contributed by atoms with Crippen LogP contribution in [0.2, 0.25) is 0 Å². The fourth-order valence-corrected chi connectivity index (χ4v) is 4.43. The number of ether oxygens (including phenoxy) is 2. The van der Waals surface area contributed by atoms with Gasteiger partial charge in [0.15, 0.2) is 5.96 Å². The Morgan fingerprint density at radius 1 is 1.42 bits per heavy atom. The van der Waals surface area contributed by atoms with E-state index in [4.69, 9.17) is 9.47 Å². The van der Waals surface area contributed by atoms with Crippen LogP contribution in [0.4, 0.5) is 0 Å². The van der Waals surface area contributed by atoms with E-state index in [0.717, 1.165) is 36.0 Å². The largest absolute Gasteiger partial charge is 0.496 e. The molecule has 3 rings (SSSR count). The Labute approximate surface area is 148 Å². The van der Waals surface area contributed by atoms with E-state index in [1.807, 2.05) is 18.8 Å². The number of guanidine groups is 1. The maximum absolute atomic E-state index is 5.86. The maximum atomic E-state index is 5.86. The molecular formula is C18H27N3O2S. The van der Waals surface area contributed by atoms with Crippen molar-refractivity contribution in [2.45, 2.75) is 44.1 Å². The van der Waals surface area contributed by atoms with E-state index in [1.165, 1.54) is 24.2 Å². The van der Waals surface area contributed by atoms with Gasteiger partial charge in [-0.05, 0) is 37.7 Å². The molecule has 2 heterocycles. The molecule has 1 fully saturated rings. The van der Waals surface area contributed by atoms with Gasteiger partial charge in [0.25, 0.3) is 0 Å². The third-order valence-electron chi connectivity index (χ3n) is 4.49. The number of hydrogen-bond acceptors (Lipinski definition) is 4. The molecule has 2 aliphatic rings. The minimum Gasteiger partial charge on any atom is -0.496 e. The van der Waals surface area contributed by atoms with Crippen LogP contribution >= 0.6 is 11.8 Å². The molecule has 5 nitrogen and oxygen atoms in total. The Morgan fingerprint density at radius 2 is 2.29 bits per heavy atom. The predicted octanol–water partition coefficient (Wildman–Crippen LogP) is 2.58. The van der Waals surface area contributed by atoms with Crippen LogP contribution in [0.15, 0.2) is 17.1 Å². The normalized spacial score (nSPS) is 22.9.